The number of anilines is 1. The smallest absolute Gasteiger partial charge is 0.365 e. The molecule has 0 amide bonds. The van der Waals surface area contributed by atoms with Crippen LogP contribution in [0.2, 0.25) is 0 Å². The van der Waals surface area contributed by atoms with E-state index in [1.165, 1.54) is 6.20 Å². The number of pyridine rings is 1. The highest BCUT2D eigenvalue weighted by Gasteiger charge is 2.32. The normalized spacial score (nSPS) is 12.2. The van der Waals surface area contributed by atoms with Gasteiger partial charge >= 0.3 is 6.18 Å². The van der Waals surface area contributed by atoms with Gasteiger partial charge in [-0.25, -0.2) is 13.4 Å². The molecule has 0 spiro atoms. The van der Waals surface area contributed by atoms with Gasteiger partial charge in [0.05, 0.1) is 14.9 Å². The SMILES string of the molecule is CS(=O)(=O)c1cc(C(F)(F)F)ccc1CNc1ncccc1Br. The van der Waals surface area contributed by atoms with Crippen LogP contribution >= 0.6 is 15.9 Å². The lowest BCUT2D eigenvalue weighted by Crippen LogP contribution is -2.12. The summed E-state index contributed by atoms with van der Waals surface area (Å²) in [6.07, 6.45) is -2.19. The predicted molar refractivity (Wildman–Crippen MR) is 83.8 cm³/mol. The Morgan fingerprint density at radius 2 is 1.96 bits per heavy atom. The van der Waals surface area contributed by atoms with Gasteiger partial charge in [-0.05, 0) is 45.8 Å². The van der Waals surface area contributed by atoms with Crippen molar-refractivity contribution in [3.63, 3.8) is 0 Å². The second-order valence-electron chi connectivity index (χ2n) is 4.78. The summed E-state index contributed by atoms with van der Waals surface area (Å²) in [6.45, 7) is 0.0240. The van der Waals surface area contributed by atoms with Crippen LogP contribution in [0.4, 0.5) is 19.0 Å². The van der Waals surface area contributed by atoms with Gasteiger partial charge in [0.2, 0.25) is 0 Å². The third-order valence-electron chi connectivity index (χ3n) is 3.00. The number of hydrogen-bond acceptors (Lipinski definition) is 4. The molecule has 0 atom stereocenters. The fourth-order valence-electron chi connectivity index (χ4n) is 1.92. The third-order valence-corrected chi connectivity index (χ3v) is 4.82. The van der Waals surface area contributed by atoms with Crippen LogP contribution in [-0.4, -0.2) is 19.7 Å². The summed E-state index contributed by atoms with van der Waals surface area (Å²) in [6, 6.07) is 6.11. The van der Waals surface area contributed by atoms with E-state index in [0.717, 1.165) is 18.4 Å². The average molecular weight is 409 g/mol. The quantitative estimate of drug-likeness (QED) is 0.833. The summed E-state index contributed by atoms with van der Waals surface area (Å²) < 4.78 is 62.5. The Hall–Kier alpha value is -1.61. The van der Waals surface area contributed by atoms with E-state index in [0.29, 0.717) is 16.4 Å². The minimum absolute atomic E-state index is 0.0240. The maximum Gasteiger partial charge on any atom is 0.416 e. The van der Waals surface area contributed by atoms with Crippen LogP contribution in [0.3, 0.4) is 0 Å². The zero-order valence-electron chi connectivity index (χ0n) is 11.9. The molecule has 0 saturated carbocycles. The molecule has 0 radical (unpaired) electrons. The molecule has 1 N–H and O–H groups in total. The first-order valence-electron chi connectivity index (χ1n) is 6.33. The Bertz CT molecular complexity index is 823. The molecule has 4 nitrogen and oxygen atoms in total. The number of nitrogens with zero attached hydrogens (tertiary/aromatic N) is 1. The zero-order valence-corrected chi connectivity index (χ0v) is 14.3. The van der Waals surface area contributed by atoms with Crippen LogP contribution in [0, 0.1) is 0 Å². The lowest BCUT2D eigenvalue weighted by Gasteiger charge is -2.14. The van der Waals surface area contributed by atoms with Crippen molar-refractivity contribution in [1.29, 1.82) is 0 Å². The molecular weight excluding hydrogens is 397 g/mol. The predicted octanol–water partition coefficient (Wildman–Crippen LogP) is 3.88. The fraction of sp³-hybridized carbons (Fsp3) is 0.214. The van der Waals surface area contributed by atoms with Gasteiger partial charge in [-0.2, -0.15) is 13.2 Å². The molecule has 1 aromatic heterocycles. The van der Waals surface area contributed by atoms with Crippen molar-refractivity contribution in [3.8, 4) is 0 Å². The lowest BCUT2D eigenvalue weighted by molar-refractivity contribution is -0.137. The standard InChI is InChI=1S/C14H12BrF3N2O2S/c1-23(21,22)12-7-10(14(16,17)18)5-4-9(12)8-20-13-11(15)3-2-6-19-13/h2-7H,8H2,1H3,(H,19,20). The summed E-state index contributed by atoms with van der Waals surface area (Å²) >= 11 is 3.27. The summed E-state index contributed by atoms with van der Waals surface area (Å²) in [4.78, 5) is 3.70. The Morgan fingerprint density at radius 3 is 2.52 bits per heavy atom. The molecule has 0 unspecified atom stereocenters. The largest absolute Gasteiger partial charge is 0.416 e. The number of benzene rings is 1. The third kappa shape index (κ3) is 4.44. The van der Waals surface area contributed by atoms with Crippen molar-refractivity contribution >= 4 is 31.6 Å². The van der Waals surface area contributed by atoms with Crippen LogP contribution in [0.15, 0.2) is 45.9 Å². The van der Waals surface area contributed by atoms with Crippen molar-refractivity contribution < 1.29 is 21.6 Å². The number of aromatic nitrogens is 1. The molecule has 124 valence electrons. The Labute approximate surface area is 139 Å². The van der Waals surface area contributed by atoms with Gasteiger partial charge in [-0.3, -0.25) is 0 Å². The lowest BCUT2D eigenvalue weighted by atomic mass is 10.1. The van der Waals surface area contributed by atoms with Crippen molar-refractivity contribution in [3.05, 3.63) is 52.1 Å². The molecule has 0 aliphatic carbocycles. The number of nitrogens with one attached hydrogen (secondary N) is 1. The van der Waals surface area contributed by atoms with Gasteiger partial charge < -0.3 is 5.32 Å². The number of rotatable bonds is 4. The zero-order chi connectivity index (χ0) is 17.3. The van der Waals surface area contributed by atoms with Crippen LogP contribution < -0.4 is 5.32 Å². The van der Waals surface area contributed by atoms with Crippen LogP contribution in [0.5, 0.6) is 0 Å². The molecule has 0 bridgehead atoms. The van der Waals surface area contributed by atoms with Crippen molar-refractivity contribution in [2.75, 3.05) is 11.6 Å². The van der Waals surface area contributed by atoms with Gasteiger partial charge in [0.1, 0.15) is 5.82 Å². The van der Waals surface area contributed by atoms with Crippen molar-refractivity contribution in [1.82, 2.24) is 4.98 Å². The molecule has 0 aliphatic heterocycles. The summed E-state index contributed by atoms with van der Waals surface area (Å²) in [7, 11) is -3.80. The van der Waals surface area contributed by atoms with Gasteiger partial charge in [0.15, 0.2) is 9.84 Å². The van der Waals surface area contributed by atoms with E-state index in [1.807, 2.05) is 0 Å². The minimum atomic E-state index is -4.60. The van der Waals surface area contributed by atoms with Gasteiger partial charge in [-0.1, -0.05) is 6.07 Å². The molecule has 23 heavy (non-hydrogen) atoms. The maximum atomic E-state index is 12.8. The molecule has 0 fully saturated rings. The van der Waals surface area contributed by atoms with E-state index in [4.69, 9.17) is 0 Å². The average Bonchev–Trinajstić information content (AvgIpc) is 2.44. The molecule has 2 rings (SSSR count). The first-order chi connectivity index (χ1) is 10.6. The maximum absolute atomic E-state index is 12.8. The highest BCUT2D eigenvalue weighted by molar-refractivity contribution is 9.10. The first-order valence-corrected chi connectivity index (χ1v) is 9.02. The second kappa shape index (κ2) is 6.48. The number of halogens is 4. The fourth-order valence-corrected chi connectivity index (χ4v) is 3.27. The number of sulfone groups is 1. The Balaban J connectivity index is 2.37. The van der Waals surface area contributed by atoms with Crippen molar-refractivity contribution in [2.45, 2.75) is 17.6 Å². The monoisotopic (exact) mass is 408 g/mol. The highest BCUT2D eigenvalue weighted by atomic mass is 79.9. The summed E-state index contributed by atoms with van der Waals surface area (Å²) in [5.41, 5.74) is -0.765. The van der Waals surface area contributed by atoms with E-state index in [2.05, 4.69) is 26.2 Å². The molecule has 1 aromatic carbocycles. The Morgan fingerprint density at radius 1 is 1.26 bits per heavy atom. The van der Waals surface area contributed by atoms with E-state index in [1.54, 1.807) is 12.1 Å². The Kier molecular flexibility index (Phi) is 5.00. The van der Waals surface area contributed by atoms with Gasteiger partial charge in [0.25, 0.3) is 0 Å². The highest BCUT2D eigenvalue weighted by Crippen LogP contribution is 2.32. The number of hydrogen-bond donors (Lipinski definition) is 1. The van der Waals surface area contributed by atoms with E-state index < -0.39 is 21.6 Å². The van der Waals surface area contributed by atoms with Crippen LogP contribution in [0.1, 0.15) is 11.1 Å². The van der Waals surface area contributed by atoms with Crippen molar-refractivity contribution in [2.24, 2.45) is 0 Å². The van der Waals surface area contributed by atoms with Gasteiger partial charge in [0, 0.05) is 19.0 Å². The molecule has 0 saturated heterocycles. The molecule has 9 heteroatoms. The minimum Gasteiger partial charge on any atom is -0.365 e. The molecule has 2 aromatic rings. The van der Waals surface area contributed by atoms with E-state index in [-0.39, 0.29) is 17.0 Å². The number of alkyl halides is 3. The molecular formula is C14H12BrF3N2O2S. The summed E-state index contributed by atoms with van der Waals surface area (Å²) in [5.74, 6) is 0.465. The van der Waals surface area contributed by atoms with Crippen LogP contribution in [0.25, 0.3) is 0 Å². The molecule has 1 heterocycles. The summed E-state index contributed by atoms with van der Waals surface area (Å²) in [5, 5.41) is 2.90. The second-order valence-corrected chi connectivity index (χ2v) is 7.62. The molecule has 0 aliphatic rings. The topological polar surface area (TPSA) is 59.1 Å². The van der Waals surface area contributed by atoms with Crippen LogP contribution in [-0.2, 0) is 22.6 Å². The van der Waals surface area contributed by atoms with E-state index >= 15 is 0 Å². The van der Waals surface area contributed by atoms with Gasteiger partial charge in [-0.15, -0.1) is 0 Å². The van der Waals surface area contributed by atoms with E-state index in [9.17, 15) is 21.6 Å². The first kappa shape index (κ1) is 17.7.